The van der Waals surface area contributed by atoms with E-state index in [9.17, 15) is 22.8 Å². The van der Waals surface area contributed by atoms with Gasteiger partial charge in [0.25, 0.3) is 17.9 Å². The molecule has 0 aliphatic carbocycles. The minimum absolute atomic E-state index is 0.150. The first-order valence-corrected chi connectivity index (χ1v) is 10.7. The topological polar surface area (TPSA) is 90.0 Å². The molecule has 4 aromatic rings. The molecule has 172 valence electrons. The fourth-order valence-electron chi connectivity index (χ4n) is 2.83. The molecule has 0 saturated heterocycles. The largest absolute Gasteiger partial charge is 0.443 e. The molecule has 0 aliphatic rings. The van der Waals surface area contributed by atoms with Crippen molar-refractivity contribution in [2.24, 2.45) is 0 Å². The summed E-state index contributed by atoms with van der Waals surface area (Å²) in [5, 5.41) is 2.37. The van der Waals surface area contributed by atoms with Gasteiger partial charge in [-0.05, 0) is 18.2 Å². The molecule has 0 fully saturated rings. The molecule has 7 nitrogen and oxygen atoms in total. The van der Waals surface area contributed by atoms with Crippen LogP contribution in [0.15, 0.2) is 58.3 Å². The lowest BCUT2D eigenvalue weighted by molar-refractivity contribution is 0.103. The summed E-state index contributed by atoms with van der Waals surface area (Å²) in [5.41, 5.74) is 0.106. The molecule has 4 rings (SSSR count). The van der Waals surface area contributed by atoms with Crippen molar-refractivity contribution in [3.63, 3.8) is 0 Å². The van der Waals surface area contributed by atoms with Crippen LogP contribution in [0.5, 0.6) is 0 Å². The summed E-state index contributed by atoms with van der Waals surface area (Å²) >= 11 is 7.14. The number of halogens is 4. The molecule has 0 aromatic carbocycles. The second-order valence-electron chi connectivity index (χ2n) is 6.69. The quantitative estimate of drug-likeness (QED) is 0.399. The summed E-state index contributed by atoms with van der Waals surface area (Å²) < 4.78 is 45.0. The van der Waals surface area contributed by atoms with Gasteiger partial charge in [0.2, 0.25) is 5.89 Å². The minimum atomic E-state index is -2.87. The molecular formula is C22H12ClF3N4O3S. The summed E-state index contributed by atoms with van der Waals surface area (Å²) in [6, 6.07) is 5.55. The number of oxazole rings is 1. The number of hydrogen-bond donors (Lipinski definition) is 1. The fraction of sp³-hybridized carbons (Fsp3) is 0.0909. The predicted octanol–water partition coefficient (Wildman–Crippen LogP) is 4.67. The van der Waals surface area contributed by atoms with E-state index >= 15 is 0 Å². The van der Waals surface area contributed by atoms with E-state index in [1.165, 1.54) is 18.5 Å². The monoisotopic (exact) mass is 504 g/mol. The number of carbonyl (C=O) groups is 1. The third-order valence-electron chi connectivity index (χ3n) is 4.30. The van der Waals surface area contributed by atoms with Crippen LogP contribution in [0.2, 0.25) is 4.34 Å². The number of rotatable bonds is 5. The van der Waals surface area contributed by atoms with Crippen LogP contribution < -0.4 is 10.9 Å². The van der Waals surface area contributed by atoms with E-state index in [2.05, 4.69) is 27.1 Å². The predicted molar refractivity (Wildman–Crippen MR) is 120 cm³/mol. The van der Waals surface area contributed by atoms with Crippen LogP contribution in [0.3, 0.4) is 0 Å². The Morgan fingerprint density at radius 2 is 2.06 bits per heavy atom. The van der Waals surface area contributed by atoms with Crippen molar-refractivity contribution >= 4 is 34.5 Å². The zero-order valence-corrected chi connectivity index (χ0v) is 18.5. The summed E-state index contributed by atoms with van der Waals surface area (Å²) in [6.07, 6.45) is 2.54. The molecule has 0 unspecified atom stereocenters. The second-order valence-corrected chi connectivity index (χ2v) is 8.35. The standard InChI is InChI=1S/C22H12ClF3N4O3S/c23-19-13(2-1-12-3-4-27-16(7-12)21-28-5-6-33-21)8-17(34-19)20(31)29-14-9-15(24)22(32)30(10-14)11-18(25)26/h3-10,18H,11H2,(H,29,31). The lowest BCUT2D eigenvalue weighted by atomic mass is 10.2. The van der Waals surface area contributed by atoms with Crippen molar-refractivity contribution in [1.29, 1.82) is 0 Å². The third-order valence-corrected chi connectivity index (χ3v) is 5.66. The van der Waals surface area contributed by atoms with E-state index in [0.29, 0.717) is 27.3 Å². The highest BCUT2D eigenvalue weighted by Gasteiger charge is 2.16. The number of pyridine rings is 2. The Morgan fingerprint density at radius 3 is 2.79 bits per heavy atom. The minimum Gasteiger partial charge on any atom is -0.443 e. The second kappa shape index (κ2) is 9.94. The van der Waals surface area contributed by atoms with Gasteiger partial charge in [0, 0.05) is 24.0 Å². The van der Waals surface area contributed by atoms with Gasteiger partial charge in [0.1, 0.15) is 16.3 Å². The first-order valence-electron chi connectivity index (χ1n) is 9.47. The maximum Gasteiger partial charge on any atom is 0.286 e. The van der Waals surface area contributed by atoms with Gasteiger partial charge in [-0.3, -0.25) is 14.6 Å². The number of alkyl halides is 2. The molecule has 0 atom stereocenters. The molecule has 1 amide bonds. The number of thiophene rings is 1. The summed E-state index contributed by atoms with van der Waals surface area (Å²) in [6.45, 7) is -1.00. The number of aromatic nitrogens is 3. The molecule has 4 aromatic heterocycles. The van der Waals surface area contributed by atoms with Crippen molar-refractivity contribution in [2.75, 3.05) is 5.32 Å². The van der Waals surface area contributed by atoms with Crippen molar-refractivity contribution in [2.45, 2.75) is 13.0 Å². The summed E-state index contributed by atoms with van der Waals surface area (Å²) in [7, 11) is 0. The molecular weight excluding hydrogens is 493 g/mol. The van der Waals surface area contributed by atoms with Crippen LogP contribution in [0.4, 0.5) is 18.9 Å². The van der Waals surface area contributed by atoms with E-state index in [1.807, 2.05) is 0 Å². The Bertz CT molecular complexity index is 1470. The molecule has 0 bridgehead atoms. The number of hydrogen-bond acceptors (Lipinski definition) is 6. The lowest BCUT2D eigenvalue weighted by Crippen LogP contribution is -2.26. The molecule has 0 radical (unpaired) electrons. The van der Waals surface area contributed by atoms with Crippen molar-refractivity contribution in [3.05, 3.63) is 85.6 Å². The number of nitrogens with one attached hydrogen (secondary N) is 1. The molecule has 12 heteroatoms. The highest BCUT2D eigenvalue weighted by Crippen LogP contribution is 2.28. The van der Waals surface area contributed by atoms with Gasteiger partial charge >= 0.3 is 0 Å². The Kier molecular flexibility index (Phi) is 6.81. The zero-order chi connectivity index (χ0) is 24.2. The maximum absolute atomic E-state index is 13.8. The van der Waals surface area contributed by atoms with Crippen LogP contribution in [0, 0.1) is 17.7 Å². The highest BCUT2D eigenvalue weighted by atomic mass is 35.5. The van der Waals surface area contributed by atoms with Crippen LogP contribution >= 0.6 is 22.9 Å². The van der Waals surface area contributed by atoms with E-state index in [4.69, 9.17) is 16.0 Å². The van der Waals surface area contributed by atoms with Gasteiger partial charge in [-0.1, -0.05) is 23.4 Å². The normalized spacial score (nSPS) is 10.7. The zero-order valence-electron chi connectivity index (χ0n) is 16.9. The highest BCUT2D eigenvalue weighted by molar-refractivity contribution is 7.18. The third kappa shape index (κ3) is 5.36. The maximum atomic E-state index is 13.8. The van der Waals surface area contributed by atoms with Crippen LogP contribution in [-0.4, -0.2) is 26.9 Å². The number of nitrogens with zero attached hydrogens (tertiary/aromatic N) is 3. The van der Waals surface area contributed by atoms with Gasteiger partial charge in [0.15, 0.2) is 5.82 Å². The van der Waals surface area contributed by atoms with Crippen molar-refractivity contribution in [3.8, 4) is 23.4 Å². The van der Waals surface area contributed by atoms with Crippen molar-refractivity contribution in [1.82, 2.24) is 14.5 Å². The smallest absolute Gasteiger partial charge is 0.286 e. The first-order chi connectivity index (χ1) is 16.3. The summed E-state index contributed by atoms with van der Waals surface area (Å²) in [5.74, 6) is 4.19. The Balaban J connectivity index is 1.53. The van der Waals surface area contributed by atoms with Crippen LogP contribution in [0.25, 0.3) is 11.6 Å². The van der Waals surface area contributed by atoms with Crippen molar-refractivity contribution < 1.29 is 22.4 Å². The fourth-order valence-corrected chi connectivity index (χ4v) is 3.91. The Labute approximate surface area is 198 Å². The Hall–Kier alpha value is -3.88. The molecule has 0 saturated carbocycles. The number of amides is 1. The van der Waals surface area contributed by atoms with E-state index in [-0.39, 0.29) is 14.9 Å². The molecule has 4 heterocycles. The number of carbonyl (C=O) groups excluding carboxylic acids is 1. The van der Waals surface area contributed by atoms with Gasteiger partial charge in [0.05, 0.1) is 28.9 Å². The Morgan fingerprint density at radius 1 is 1.24 bits per heavy atom. The molecule has 34 heavy (non-hydrogen) atoms. The molecule has 0 spiro atoms. The van der Waals surface area contributed by atoms with E-state index in [1.54, 1.807) is 18.3 Å². The number of anilines is 1. The molecule has 0 aliphatic heterocycles. The molecule has 1 N–H and O–H groups in total. The average molecular weight is 505 g/mol. The van der Waals surface area contributed by atoms with Crippen LogP contribution in [0.1, 0.15) is 20.8 Å². The summed E-state index contributed by atoms with van der Waals surface area (Å²) in [4.78, 5) is 32.5. The van der Waals surface area contributed by atoms with Crippen LogP contribution in [-0.2, 0) is 6.54 Å². The van der Waals surface area contributed by atoms with Gasteiger partial charge in [-0.15, -0.1) is 11.3 Å². The van der Waals surface area contributed by atoms with E-state index in [0.717, 1.165) is 23.6 Å². The van der Waals surface area contributed by atoms with Gasteiger partial charge < -0.3 is 14.3 Å². The SMILES string of the molecule is O=C(Nc1cc(F)c(=O)n(CC(F)F)c1)c1cc(C#Cc2ccnc(-c3ncco3)c2)c(Cl)s1. The van der Waals surface area contributed by atoms with E-state index < -0.39 is 30.3 Å². The first kappa shape index (κ1) is 23.3. The van der Waals surface area contributed by atoms with Gasteiger partial charge in [-0.2, -0.15) is 0 Å². The van der Waals surface area contributed by atoms with Gasteiger partial charge in [-0.25, -0.2) is 18.2 Å². The lowest BCUT2D eigenvalue weighted by Gasteiger charge is -2.09. The average Bonchev–Trinajstić information content (AvgIpc) is 3.46.